The van der Waals surface area contributed by atoms with Crippen LogP contribution in [0.4, 0.5) is 0 Å². The van der Waals surface area contributed by atoms with Gasteiger partial charge in [0, 0.05) is 36.6 Å². The van der Waals surface area contributed by atoms with Crippen molar-refractivity contribution >= 4 is 29.9 Å². The number of para-hydroxylation sites is 1. The highest BCUT2D eigenvalue weighted by molar-refractivity contribution is 14.0. The molecule has 0 radical (unpaired) electrons. The Morgan fingerprint density at radius 2 is 2.00 bits per heavy atom. The fourth-order valence-electron chi connectivity index (χ4n) is 5.07. The molecule has 6 nitrogen and oxygen atoms in total. The number of guanidine groups is 1. The number of aromatic nitrogens is 1. The van der Waals surface area contributed by atoms with Crippen LogP contribution in [-0.2, 0) is 0 Å². The maximum atomic E-state index is 6.51. The molecule has 1 aromatic carbocycles. The van der Waals surface area contributed by atoms with Gasteiger partial charge in [0.2, 0.25) is 0 Å². The molecule has 31 heavy (non-hydrogen) atoms. The molecule has 1 spiro atoms. The number of nitrogens with zero attached hydrogens (tertiary/aromatic N) is 2. The van der Waals surface area contributed by atoms with E-state index in [0.29, 0.717) is 6.54 Å². The Kier molecular flexibility index (Phi) is 7.88. The van der Waals surface area contributed by atoms with Crippen molar-refractivity contribution < 1.29 is 9.26 Å². The summed E-state index contributed by atoms with van der Waals surface area (Å²) < 4.78 is 11.8. The molecule has 1 aliphatic carbocycles. The smallest absolute Gasteiger partial charge is 0.191 e. The largest absolute Gasteiger partial charge is 0.487 e. The molecule has 2 aliphatic rings. The monoisotopic (exact) mass is 538 g/mol. The quantitative estimate of drug-likeness (QED) is 0.303. The fourth-order valence-corrected chi connectivity index (χ4v) is 5.07. The number of nitrogens with one attached hydrogen (secondary N) is 2. The summed E-state index contributed by atoms with van der Waals surface area (Å²) in [5, 5.41) is 11.2. The van der Waals surface area contributed by atoms with Gasteiger partial charge in [0.15, 0.2) is 5.96 Å². The summed E-state index contributed by atoms with van der Waals surface area (Å²) in [4.78, 5) is 4.92. The van der Waals surface area contributed by atoms with Crippen LogP contribution in [0.2, 0.25) is 0 Å². The number of fused-ring (bicyclic) bond motifs is 1. The molecule has 0 saturated heterocycles. The van der Waals surface area contributed by atoms with Crippen molar-refractivity contribution in [2.75, 3.05) is 13.1 Å². The molecule has 1 aliphatic heterocycles. The first-order valence-electron chi connectivity index (χ1n) is 11.3. The number of ether oxygens (including phenoxy) is 1. The average Bonchev–Trinajstić information content (AvgIpc) is 3.32. The van der Waals surface area contributed by atoms with Crippen molar-refractivity contribution in [2.24, 2.45) is 4.99 Å². The van der Waals surface area contributed by atoms with Gasteiger partial charge < -0.3 is 19.9 Å². The van der Waals surface area contributed by atoms with E-state index in [1.807, 2.05) is 13.8 Å². The van der Waals surface area contributed by atoms with Crippen LogP contribution in [0, 0.1) is 13.8 Å². The topological polar surface area (TPSA) is 71.7 Å². The van der Waals surface area contributed by atoms with Gasteiger partial charge >= 0.3 is 0 Å². The Bertz CT molecular complexity index is 885. The second kappa shape index (κ2) is 10.2. The minimum absolute atomic E-state index is 0. The predicted molar refractivity (Wildman–Crippen MR) is 135 cm³/mol. The van der Waals surface area contributed by atoms with Crippen LogP contribution >= 0.6 is 24.0 Å². The van der Waals surface area contributed by atoms with Crippen LogP contribution in [0.1, 0.15) is 80.5 Å². The second-order valence-corrected chi connectivity index (χ2v) is 8.79. The highest BCUT2D eigenvalue weighted by atomic mass is 127. The summed E-state index contributed by atoms with van der Waals surface area (Å²) in [6, 6.07) is 8.62. The van der Waals surface area contributed by atoms with Crippen molar-refractivity contribution in [3.8, 4) is 5.75 Å². The molecule has 1 aromatic heterocycles. The molecular formula is C24H35IN4O2. The number of aliphatic imine (C=N–C) groups is 1. The van der Waals surface area contributed by atoms with E-state index in [9.17, 15) is 0 Å². The van der Waals surface area contributed by atoms with Crippen LogP contribution in [0.15, 0.2) is 33.8 Å². The van der Waals surface area contributed by atoms with Crippen LogP contribution in [0.5, 0.6) is 5.75 Å². The van der Waals surface area contributed by atoms with Crippen LogP contribution in [-0.4, -0.2) is 29.8 Å². The molecule has 4 rings (SSSR count). The van der Waals surface area contributed by atoms with Crippen LogP contribution in [0.3, 0.4) is 0 Å². The molecule has 2 aromatic rings. The fraction of sp³-hybridized carbons (Fsp3) is 0.583. The molecule has 0 bridgehead atoms. The normalized spacial score (nSPS) is 20.5. The van der Waals surface area contributed by atoms with Crippen LogP contribution in [0.25, 0.3) is 0 Å². The lowest BCUT2D eigenvalue weighted by atomic mass is 9.86. The second-order valence-electron chi connectivity index (χ2n) is 8.79. The lowest BCUT2D eigenvalue weighted by Gasteiger charge is -2.40. The zero-order chi connectivity index (χ0) is 21.1. The van der Waals surface area contributed by atoms with E-state index < -0.39 is 0 Å². The van der Waals surface area contributed by atoms with E-state index in [-0.39, 0.29) is 41.5 Å². The van der Waals surface area contributed by atoms with E-state index >= 15 is 0 Å². The first-order valence-corrected chi connectivity index (χ1v) is 11.3. The Balaban J connectivity index is 0.00000272. The maximum Gasteiger partial charge on any atom is 0.191 e. The predicted octanol–water partition coefficient (Wildman–Crippen LogP) is 5.40. The number of rotatable bonds is 5. The van der Waals surface area contributed by atoms with E-state index in [1.54, 1.807) is 0 Å². The van der Waals surface area contributed by atoms with E-state index in [0.717, 1.165) is 54.5 Å². The van der Waals surface area contributed by atoms with Crippen molar-refractivity contribution in [3.05, 3.63) is 46.8 Å². The van der Waals surface area contributed by atoms with Crippen molar-refractivity contribution in [2.45, 2.75) is 77.4 Å². The Hall–Kier alpha value is -1.77. The third-order valence-corrected chi connectivity index (χ3v) is 6.47. The highest BCUT2D eigenvalue weighted by Crippen LogP contribution is 2.46. The molecule has 1 saturated carbocycles. The van der Waals surface area contributed by atoms with Gasteiger partial charge in [-0.15, -0.1) is 24.0 Å². The molecule has 7 heteroatoms. The van der Waals surface area contributed by atoms with Crippen molar-refractivity contribution in [1.29, 1.82) is 0 Å². The summed E-state index contributed by atoms with van der Waals surface area (Å²) in [5.41, 5.74) is 3.30. The SMILES string of the molecule is CCNC(=NCC(C)c1c(C)noc1C)NC1CC2(CCCC2)Oc2ccccc21.I. The maximum absolute atomic E-state index is 6.51. The molecular weight excluding hydrogens is 503 g/mol. The summed E-state index contributed by atoms with van der Waals surface area (Å²) >= 11 is 0. The first kappa shape index (κ1) is 23.9. The van der Waals surface area contributed by atoms with E-state index in [4.69, 9.17) is 14.3 Å². The highest BCUT2D eigenvalue weighted by Gasteiger charge is 2.43. The lowest BCUT2D eigenvalue weighted by molar-refractivity contribution is 0.0396. The van der Waals surface area contributed by atoms with Gasteiger partial charge in [-0.25, -0.2) is 0 Å². The molecule has 2 N–H and O–H groups in total. The van der Waals surface area contributed by atoms with Gasteiger partial charge in [-0.1, -0.05) is 30.3 Å². The van der Waals surface area contributed by atoms with Crippen molar-refractivity contribution in [1.82, 2.24) is 15.8 Å². The number of hydrogen-bond donors (Lipinski definition) is 2. The summed E-state index contributed by atoms with van der Waals surface area (Å²) in [6.07, 6.45) is 5.75. The zero-order valence-electron chi connectivity index (χ0n) is 19.0. The number of benzene rings is 1. The molecule has 0 amide bonds. The zero-order valence-corrected chi connectivity index (χ0v) is 21.4. The van der Waals surface area contributed by atoms with Gasteiger partial charge in [-0.2, -0.15) is 0 Å². The summed E-state index contributed by atoms with van der Waals surface area (Å²) in [7, 11) is 0. The summed E-state index contributed by atoms with van der Waals surface area (Å²) in [5.74, 6) is 3.00. The lowest BCUT2D eigenvalue weighted by Crippen LogP contribution is -2.46. The molecule has 2 heterocycles. The van der Waals surface area contributed by atoms with Gasteiger partial charge in [0.05, 0.1) is 11.7 Å². The third-order valence-electron chi connectivity index (χ3n) is 6.47. The number of aryl methyl sites for hydroxylation is 2. The molecule has 170 valence electrons. The number of hydrogen-bond acceptors (Lipinski definition) is 4. The molecule has 2 atom stereocenters. The Morgan fingerprint density at radius 1 is 1.26 bits per heavy atom. The van der Waals surface area contributed by atoms with Crippen LogP contribution < -0.4 is 15.4 Å². The minimum atomic E-state index is -0.0344. The van der Waals surface area contributed by atoms with Gasteiger partial charge in [-0.3, -0.25) is 4.99 Å². The third kappa shape index (κ3) is 5.18. The summed E-state index contributed by atoms with van der Waals surface area (Å²) in [6.45, 7) is 9.74. The average molecular weight is 538 g/mol. The molecule has 2 unspecified atom stereocenters. The van der Waals surface area contributed by atoms with Gasteiger partial charge in [-0.05, 0) is 52.5 Å². The first-order chi connectivity index (χ1) is 14.5. The molecule has 1 fully saturated rings. The Labute approximate surface area is 202 Å². The minimum Gasteiger partial charge on any atom is -0.487 e. The van der Waals surface area contributed by atoms with Gasteiger partial charge in [0.1, 0.15) is 17.1 Å². The Morgan fingerprint density at radius 3 is 2.68 bits per heavy atom. The standard InChI is InChI=1S/C24H34N4O2.HI/c1-5-25-23(26-15-16(2)22-17(3)28-30-18(22)4)27-20-14-24(12-8-9-13-24)29-21-11-7-6-10-19(20)21;/h6-7,10-11,16,20H,5,8-9,12-15H2,1-4H3,(H2,25,26,27);1H. The van der Waals surface area contributed by atoms with Gasteiger partial charge in [0.25, 0.3) is 0 Å². The van der Waals surface area contributed by atoms with E-state index in [1.165, 1.54) is 18.4 Å². The number of halogens is 1. The van der Waals surface area contributed by atoms with E-state index in [2.05, 4.69) is 53.9 Å². The van der Waals surface area contributed by atoms with Crippen molar-refractivity contribution in [3.63, 3.8) is 0 Å².